The summed E-state index contributed by atoms with van der Waals surface area (Å²) in [6.07, 6.45) is 1.82. The van der Waals surface area contributed by atoms with Gasteiger partial charge in [0.05, 0.1) is 5.69 Å². The molecule has 4 heteroatoms. The molecule has 0 radical (unpaired) electrons. The van der Waals surface area contributed by atoms with Crippen LogP contribution in [-0.2, 0) is 19.4 Å². The first-order valence-corrected chi connectivity index (χ1v) is 5.53. The van der Waals surface area contributed by atoms with Gasteiger partial charge in [-0.15, -0.1) is 5.10 Å². The molecule has 0 unspecified atom stereocenters. The molecule has 1 heterocycles. The second kappa shape index (κ2) is 4.79. The third-order valence-electron chi connectivity index (χ3n) is 2.66. The first kappa shape index (κ1) is 10.7. The van der Waals surface area contributed by atoms with Gasteiger partial charge in [0.1, 0.15) is 0 Å². The summed E-state index contributed by atoms with van der Waals surface area (Å²) in [4.78, 5) is 0. The van der Waals surface area contributed by atoms with Crippen LogP contribution in [-0.4, -0.2) is 15.0 Å². The second-order valence-electron chi connectivity index (χ2n) is 3.73. The Morgan fingerprint density at radius 2 is 2.00 bits per heavy atom. The number of hydrogen-bond acceptors (Lipinski definition) is 3. The lowest BCUT2D eigenvalue weighted by Crippen LogP contribution is -2.07. The number of aryl methyl sites for hydroxylation is 2. The van der Waals surface area contributed by atoms with Gasteiger partial charge in [-0.3, -0.25) is 0 Å². The van der Waals surface area contributed by atoms with Gasteiger partial charge in [-0.25, -0.2) is 4.68 Å². The third-order valence-corrected chi connectivity index (χ3v) is 2.66. The van der Waals surface area contributed by atoms with Crippen molar-refractivity contribution < 1.29 is 0 Å². The smallest absolute Gasteiger partial charge is 0.169 e. The van der Waals surface area contributed by atoms with E-state index in [4.69, 9.17) is 5.73 Å². The Labute approximate surface area is 95.1 Å². The van der Waals surface area contributed by atoms with E-state index in [1.54, 1.807) is 0 Å². The molecule has 0 saturated carbocycles. The molecule has 0 saturated heterocycles. The van der Waals surface area contributed by atoms with Crippen molar-refractivity contribution in [2.75, 3.05) is 5.73 Å². The molecule has 0 bridgehead atoms. The van der Waals surface area contributed by atoms with E-state index in [1.807, 2.05) is 22.9 Å². The highest BCUT2D eigenvalue weighted by atomic mass is 15.4. The summed E-state index contributed by atoms with van der Waals surface area (Å²) in [5.41, 5.74) is 8.05. The zero-order valence-corrected chi connectivity index (χ0v) is 9.43. The molecule has 2 N–H and O–H groups in total. The lowest BCUT2D eigenvalue weighted by atomic mass is 10.1. The molecule has 0 aliphatic heterocycles. The van der Waals surface area contributed by atoms with Crippen LogP contribution >= 0.6 is 0 Å². The fourth-order valence-electron chi connectivity index (χ4n) is 1.77. The van der Waals surface area contributed by atoms with Crippen LogP contribution < -0.4 is 5.73 Å². The molecular weight excluding hydrogens is 200 g/mol. The molecule has 0 aliphatic rings. The predicted octanol–water partition coefficient (Wildman–Crippen LogP) is 1.67. The van der Waals surface area contributed by atoms with Crippen molar-refractivity contribution in [2.45, 2.75) is 26.3 Å². The summed E-state index contributed by atoms with van der Waals surface area (Å²) in [5.74, 6) is 0.551. The molecule has 84 valence electrons. The Kier molecular flexibility index (Phi) is 3.19. The summed E-state index contributed by atoms with van der Waals surface area (Å²) in [5, 5.41) is 7.93. The molecule has 16 heavy (non-hydrogen) atoms. The molecule has 0 spiro atoms. The number of benzene rings is 1. The van der Waals surface area contributed by atoms with E-state index in [0.29, 0.717) is 5.82 Å². The van der Waals surface area contributed by atoms with Gasteiger partial charge in [-0.1, -0.05) is 42.5 Å². The lowest BCUT2D eigenvalue weighted by molar-refractivity contribution is 0.567. The van der Waals surface area contributed by atoms with Gasteiger partial charge >= 0.3 is 0 Å². The number of rotatable bonds is 4. The average Bonchev–Trinajstić information content (AvgIpc) is 2.68. The van der Waals surface area contributed by atoms with Gasteiger partial charge in [0, 0.05) is 6.54 Å². The molecule has 0 atom stereocenters. The van der Waals surface area contributed by atoms with E-state index >= 15 is 0 Å². The summed E-state index contributed by atoms with van der Waals surface area (Å²) in [6, 6.07) is 10.4. The molecule has 2 rings (SSSR count). The van der Waals surface area contributed by atoms with Gasteiger partial charge in [0.15, 0.2) is 5.82 Å². The number of nitrogens with zero attached hydrogens (tertiary/aromatic N) is 3. The number of aromatic nitrogens is 3. The van der Waals surface area contributed by atoms with Crippen LogP contribution in [0.3, 0.4) is 0 Å². The molecule has 1 aromatic heterocycles. The minimum Gasteiger partial charge on any atom is -0.381 e. The Morgan fingerprint density at radius 3 is 2.69 bits per heavy atom. The van der Waals surface area contributed by atoms with Crippen LogP contribution in [0, 0.1) is 0 Å². The number of nitrogen functional groups attached to an aromatic ring is 1. The Morgan fingerprint density at radius 1 is 1.25 bits per heavy atom. The van der Waals surface area contributed by atoms with Crippen molar-refractivity contribution in [2.24, 2.45) is 0 Å². The first-order valence-electron chi connectivity index (χ1n) is 5.53. The van der Waals surface area contributed by atoms with Gasteiger partial charge in [-0.2, -0.15) is 0 Å². The predicted molar refractivity (Wildman–Crippen MR) is 64.0 cm³/mol. The van der Waals surface area contributed by atoms with Gasteiger partial charge in [0.25, 0.3) is 0 Å². The molecular formula is C12H16N4. The van der Waals surface area contributed by atoms with Crippen molar-refractivity contribution in [3.63, 3.8) is 0 Å². The van der Waals surface area contributed by atoms with Crippen LogP contribution in [0.2, 0.25) is 0 Å². The quantitative estimate of drug-likeness (QED) is 0.845. The maximum absolute atomic E-state index is 5.73. The van der Waals surface area contributed by atoms with Gasteiger partial charge in [-0.05, 0) is 18.4 Å². The zero-order chi connectivity index (χ0) is 11.4. The van der Waals surface area contributed by atoms with E-state index in [9.17, 15) is 0 Å². The van der Waals surface area contributed by atoms with Crippen LogP contribution in [0.15, 0.2) is 30.3 Å². The lowest BCUT2D eigenvalue weighted by Gasteiger charge is -2.04. The Hall–Kier alpha value is -1.84. The maximum Gasteiger partial charge on any atom is 0.169 e. The molecule has 4 nitrogen and oxygen atoms in total. The summed E-state index contributed by atoms with van der Waals surface area (Å²) >= 11 is 0. The summed E-state index contributed by atoms with van der Waals surface area (Å²) in [7, 11) is 0. The monoisotopic (exact) mass is 216 g/mol. The van der Waals surface area contributed by atoms with Crippen molar-refractivity contribution in [3.8, 4) is 0 Å². The Balaban J connectivity index is 2.05. The van der Waals surface area contributed by atoms with Crippen LogP contribution in [0.4, 0.5) is 5.82 Å². The normalized spacial score (nSPS) is 10.6. The van der Waals surface area contributed by atoms with E-state index < -0.39 is 0 Å². The second-order valence-corrected chi connectivity index (χ2v) is 3.73. The van der Waals surface area contributed by atoms with E-state index in [0.717, 1.165) is 25.1 Å². The number of anilines is 1. The molecule has 0 amide bonds. The highest BCUT2D eigenvalue weighted by Gasteiger charge is 2.07. The van der Waals surface area contributed by atoms with Crippen LogP contribution in [0.1, 0.15) is 18.2 Å². The fraction of sp³-hybridized carbons (Fsp3) is 0.333. The molecule has 0 fully saturated rings. The van der Waals surface area contributed by atoms with Gasteiger partial charge in [0.2, 0.25) is 0 Å². The van der Waals surface area contributed by atoms with E-state index in [-0.39, 0.29) is 0 Å². The minimum atomic E-state index is 0.551. The molecule has 2 aromatic rings. The van der Waals surface area contributed by atoms with Crippen LogP contribution in [0.5, 0.6) is 0 Å². The third kappa shape index (κ3) is 2.21. The fourth-order valence-corrected chi connectivity index (χ4v) is 1.77. The van der Waals surface area contributed by atoms with Crippen molar-refractivity contribution in [1.82, 2.24) is 15.0 Å². The first-order chi connectivity index (χ1) is 7.81. The maximum atomic E-state index is 5.73. The van der Waals surface area contributed by atoms with Crippen molar-refractivity contribution in [1.29, 1.82) is 0 Å². The molecule has 1 aromatic carbocycles. The SMILES string of the molecule is CCc1c(N)nnn1CCc1ccccc1. The van der Waals surface area contributed by atoms with Crippen molar-refractivity contribution >= 4 is 5.82 Å². The zero-order valence-electron chi connectivity index (χ0n) is 9.43. The van der Waals surface area contributed by atoms with E-state index in [2.05, 4.69) is 29.4 Å². The molecule has 0 aliphatic carbocycles. The van der Waals surface area contributed by atoms with Crippen molar-refractivity contribution in [3.05, 3.63) is 41.6 Å². The number of nitrogens with two attached hydrogens (primary N) is 1. The average molecular weight is 216 g/mol. The topological polar surface area (TPSA) is 56.7 Å². The van der Waals surface area contributed by atoms with Gasteiger partial charge < -0.3 is 5.73 Å². The largest absolute Gasteiger partial charge is 0.381 e. The minimum absolute atomic E-state index is 0.551. The standard InChI is InChI=1S/C12H16N4/c1-2-11-12(13)14-15-16(11)9-8-10-6-4-3-5-7-10/h3-7H,2,8-9,13H2,1H3. The summed E-state index contributed by atoms with van der Waals surface area (Å²) in [6.45, 7) is 2.89. The number of hydrogen-bond donors (Lipinski definition) is 1. The highest BCUT2D eigenvalue weighted by Crippen LogP contribution is 2.09. The van der Waals surface area contributed by atoms with Crippen LogP contribution in [0.25, 0.3) is 0 Å². The van der Waals surface area contributed by atoms with E-state index in [1.165, 1.54) is 5.56 Å². The summed E-state index contributed by atoms with van der Waals surface area (Å²) < 4.78 is 1.89. The highest BCUT2D eigenvalue weighted by molar-refractivity contribution is 5.32. The Bertz CT molecular complexity index is 447.